The Balaban J connectivity index is 1.61. The Morgan fingerprint density at radius 1 is 1.21 bits per heavy atom. The van der Waals surface area contributed by atoms with E-state index in [2.05, 4.69) is 20.3 Å². The smallest absolute Gasteiger partial charge is 0.332 e. The highest BCUT2D eigenvalue weighted by molar-refractivity contribution is 5.96. The van der Waals surface area contributed by atoms with Crippen molar-refractivity contribution in [1.29, 1.82) is 0 Å². The fourth-order valence-electron chi connectivity index (χ4n) is 3.31. The van der Waals surface area contributed by atoms with Gasteiger partial charge in [-0.3, -0.25) is 9.78 Å². The van der Waals surface area contributed by atoms with Gasteiger partial charge in [0, 0.05) is 30.9 Å². The highest BCUT2D eigenvalue weighted by Gasteiger charge is 2.35. The Morgan fingerprint density at radius 2 is 2.04 bits per heavy atom. The number of hydrogen-bond donors (Lipinski definition) is 0. The van der Waals surface area contributed by atoms with Crippen molar-refractivity contribution in [3.8, 4) is 5.82 Å². The van der Waals surface area contributed by atoms with Crippen LogP contribution < -0.4 is 0 Å². The highest BCUT2D eigenvalue weighted by Crippen LogP contribution is 2.33. The maximum atomic E-state index is 13.1. The third-order valence-electron chi connectivity index (χ3n) is 4.73. The molecule has 1 aliphatic rings. The standard InChI is InChI=1S/C18H15F3N6O/c1-11-12(3-2-4-13(11)18(19,20)21)17(28)26-8-5-15-14(10-26)24-25-27(15)16-9-22-6-7-23-16/h2-4,6-7,9H,5,8,10H2,1H3. The molecular formula is C18H15F3N6O. The molecule has 0 bridgehead atoms. The Morgan fingerprint density at radius 3 is 2.75 bits per heavy atom. The van der Waals surface area contributed by atoms with Crippen LogP contribution in [0.4, 0.5) is 13.2 Å². The van der Waals surface area contributed by atoms with Gasteiger partial charge < -0.3 is 4.90 Å². The zero-order chi connectivity index (χ0) is 19.9. The number of aromatic nitrogens is 5. The normalized spacial score (nSPS) is 14.1. The lowest BCUT2D eigenvalue weighted by molar-refractivity contribution is -0.138. The first-order valence-electron chi connectivity index (χ1n) is 8.52. The summed E-state index contributed by atoms with van der Waals surface area (Å²) in [4.78, 5) is 22.5. The number of carbonyl (C=O) groups is 1. The van der Waals surface area contributed by atoms with Gasteiger partial charge in [0.25, 0.3) is 5.91 Å². The minimum Gasteiger partial charge on any atom is -0.332 e. The zero-order valence-corrected chi connectivity index (χ0v) is 14.8. The maximum absolute atomic E-state index is 13.1. The van der Waals surface area contributed by atoms with Gasteiger partial charge >= 0.3 is 6.18 Å². The molecule has 10 heteroatoms. The molecule has 2 aromatic heterocycles. The zero-order valence-electron chi connectivity index (χ0n) is 14.8. The molecule has 0 atom stereocenters. The molecular weight excluding hydrogens is 373 g/mol. The summed E-state index contributed by atoms with van der Waals surface area (Å²) in [7, 11) is 0. The minimum absolute atomic E-state index is 0.0413. The molecule has 0 saturated heterocycles. The molecule has 1 aliphatic heterocycles. The van der Waals surface area contributed by atoms with E-state index >= 15 is 0 Å². The van der Waals surface area contributed by atoms with E-state index < -0.39 is 17.6 Å². The van der Waals surface area contributed by atoms with Crippen LogP contribution in [0.5, 0.6) is 0 Å². The Labute approximate surface area is 157 Å². The Hall–Kier alpha value is -3.30. The minimum atomic E-state index is -4.51. The summed E-state index contributed by atoms with van der Waals surface area (Å²) in [5, 5.41) is 8.19. The number of benzene rings is 1. The number of hydrogen-bond acceptors (Lipinski definition) is 5. The van der Waals surface area contributed by atoms with Gasteiger partial charge in [-0.15, -0.1) is 5.10 Å². The first-order valence-corrected chi connectivity index (χ1v) is 8.52. The predicted octanol–water partition coefficient (Wildman–Crippen LogP) is 2.58. The molecule has 4 rings (SSSR count). The molecule has 0 spiro atoms. The van der Waals surface area contributed by atoms with E-state index in [1.165, 1.54) is 24.0 Å². The molecule has 0 fully saturated rings. The van der Waals surface area contributed by atoms with Crippen LogP contribution >= 0.6 is 0 Å². The van der Waals surface area contributed by atoms with Crippen molar-refractivity contribution in [3.05, 3.63) is 64.9 Å². The van der Waals surface area contributed by atoms with E-state index in [4.69, 9.17) is 0 Å². The van der Waals surface area contributed by atoms with Crippen LogP contribution in [0.3, 0.4) is 0 Å². The van der Waals surface area contributed by atoms with Crippen molar-refractivity contribution < 1.29 is 18.0 Å². The molecule has 0 unspecified atom stereocenters. The number of amides is 1. The maximum Gasteiger partial charge on any atom is 0.416 e. The quantitative estimate of drug-likeness (QED) is 0.675. The van der Waals surface area contributed by atoms with Crippen molar-refractivity contribution in [3.63, 3.8) is 0 Å². The van der Waals surface area contributed by atoms with Gasteiger partial charge in [0.2, 0.25) is 0 Å². The summed E-state index contributed by atoms with van der Waals surface area (Å²) in [6.45, 7) is 1.83. The number of alkyl halides is 3. The molecule has 7 nitrogen and oxygen atoms in total. The van der Waals surface area contributed by atoms with Crippen LogP contribution in [-0.2, 0) is 19.1 Å². The van der Waals surface area contributed by atoms with Gasteiger partial charge in [-0.2, -0.15) is 17.9 Å². The van der Waals surface area contributed by atoms with Crippen molar-refractivity contribution in [2.75, 3.05) is 6.54 Å². The molecule has 0 radical (unpaired) electrons. The van der Waals surface area contributed by atoms with Gasteiger partial charge in [-0.1, -0.05) is 11.3 Å². The van der Waals surface area contributed by atoms with E-state index in [0.717, 1.165) is 11.8 Å². The fourth-order valence-corrected chi connectivity index (χ4v) is 3.31. The monoisotopic (exact) mass is 388 g/mol. The van der Waals surface area contributed by atoms with E-state index in [1.807, 2.05) is 0 Å². The Kier molecular flexibility index (Phi) is 4.33. The second-order valence-electron chi connectivity index (χ2n) is 6.41. The van der Waals surface area contributed by atoms with Crippen molar-refractivity contribution in [2.24, 2.45) is 0 Å². The van der Waals surface area contributed by atoms with E-state index in [9.17, 15) is 18.0 Å². The summed E-state index contributed by atoms with van der Waals surface area (Å²) < 4.78 is 41.0. The van der Waals surface area contributed by atoms with Crippen LogP contribution in [0.15, 0.2) is 36.8 Å². The average molecular weight is 388 g/mol. The number of halogens is 3. The number of carbonyl (C=O) groups excluding carboxylic acids is 1. The summed E-state index contributed by atoms with van der Waals surface area (Å²) in [5.74, 6) is 0.0630. The summed E-state index contributed by atoms with van der Waals surface area (Å²) in [6, 6.07) is 3.65. The van der Waals surface area contributed by atoms with E-state index in [1.54, 1.807) is 23.3 Å². The molecule has 0 saturated carbocycles. The third-order valence-corrected chi connectivity index (χ3v) is 4.73. The molecule has 28 heavy (non-hydrogen) atoms. The third kappa shape index (κ3) is 3.10. The van der Waals surface area contributed by atoms with Crippen LogP contribution in [0.25, 0.3) is 5.82 Å². The number of rotatable bonds is 2. The molecule has 3 aromatic rings. The molecule has 0 aliphatic carbocycles. The van der Waals surface area contributed by atoms with Crippen LogP contribution in [0, 0.1) is 6.92 Å². The average Bonchev–Trinajstić information content (AvgIpc) is 3.10. The van der Waals surface area contributed by atoms with Gasteiger partial charge in [-0.25, -0.2) is 4.98 Å². The van der Waals surface area contributed by atoms with Crippen LogP contribution in [0.1, 0.15) is 32.9 Å². The van der Waals surface area contributed by atoms with Crippen LogP contribution in [-0.4, -0.2) is 42.3 Å². The second-order valence-corrected chi connectivity index (χ2v) is 6.41. The van der Waals surface area contributed by atoms with Gasteiger partial charge in [-0.05, 0) is 24.6 Å². The first kappa shape index (κ1) is 18.1. The van der Waals surface area contributed by atoms with E-state index in [0.29, 0.717) is 24.5 Å². The lowest BCUT2D eigenvalue weighted by Crippen LogP contribution is -2.37. The second kappa shape index (κ2) is 6.70. The fraction of sp³-hybridized carbons (Fsp3) is 0.278. The van der Waals surface area contributed by atoms with E-state index in [-0.39, 0.29) is 17.7 Å². The van der Waals surface area contributed by atoms with Gasteiger partial charge in [0.05, 0.1) is 24.0 Å². The first-order chi connectivity index (χ1) is 13.4. The summed E-state index contributed by atoms with van der Waals surface area (Å²) >= 11 is 0. The highest BCUT2D eigenvalue weighted by atomic mass is 19.4. The largest absolute Gasteiger partial charge is 0.416 e. The van der Waals surface area contributed by atoms with Crippen molar-refractivity contribution >= 4 is 5.91 Å². The van der Waals surface area contributed by atoms with Crippen molar-refractivity contribution in [1.82, 2.24) is 29.9 Å². The molecule has 144 valence electrons. The number of nitrogens with zero attached hydrogens (tertiary/aromatic N) is 6. The SMILES string of the molecule is Cc1c(C(=O)N2CCc3c(nnn3-c3cnccn3)C2)cccc1C(F)(F)F. The lowest BCUT2D eigenvalue weighted by Gasteiger charge is -2.27. The summed E-state index contributed by atoms with van der Waals surface area (Å²) in [5.41, 5.74) is 0.568. The topological polar surface area (TPSA) is 76.8 Å². The molecule has 3 heterocycles. The molecule has 1 aromatic carbocycles. The molecule has 0 N–H and O–H groups in total. The Bertz CT molecular complexity index is 1030. The van der Waals surface area contributed by atoms with Gasteiger partial charge in [0.15, 0.2) is 5.82 Å². The van der Waals surface area contributed by atoms with Crippen LogP contribution in [0.2, 0.25) is 0 Å². The summed E-state index contributed by atoms with van der Waals surface area (Å²) in [6.07, 6.45) is 0.596. The number of fused-ring (bicyclic) bond motifs is 1. The van der Waals surface area contributed by atoms with Gasteiger partial charge in [0.1, 0.15) is 5.69 Å². The lowest BCUT2D eigenvalue weighted by atomic mass is 10.00. The predicted molar refractivity (Wildman–Crippen MR) is 91.6 cm³/mol. The van der Waals surface area contributed by atoms with Crippen molar-refractivity contribution in [2.45, 2.75) is 26.1 Å². The molecule has 1 amide bonds.